The lowest BCUT2D eigenvalue weighted by Crippen LogP contribution is -2.52. The number of Topliss-reactive ketones (excluding diaryl/α,β-unsaturated/α-hetero) is 1. The van der Waals surface area contributed by atoms with Crippen LogP contribution in [0.1, 0.15) is 23.2 Å². The van der Waals surface area contributed by atoms with Gasteiger partial charge in [-0.2, -0.15) is 0 Å². The van der Waals surface area contributed by atoms with E-state index >= 15 is 0 Å². The monoisotopic (exact) mass is 345 g/mol. The highest BCUT2D eigenvalue weighted by Crippen LogP contribution is 2.27. The molecule has 2 amide bonds. The molecular weight excluding hydrogens is 322 g/mol. The first-order valence-electron chi connectivity index (χ1n) is 8.57. The summed E-state index contributed by atoms with van der Waals surface area (Å²) in [6, 6.07) is 7.23. The fraction of sp³-hybridized carbons (Fsp3) is 0.500. The summed E-state index contributed by atoms with van der Waals surface area (Å²) in [6.07, 6.45) is 2.52. The summed E-state index contributed by atoms with van der Waals surface area (Å²) in [6.45, 7) is 2.94. The average molecular weight is 345 g/mol. The molecule has 1 aromatic rings. The molecule has 1 N–H and O–H groups in total. The second-order valence-corrected chi connectivity index (χ2v) is 6.36. The summed E-state index contributed by atoms with van der Waals surface area (Å²) in [4.78, 5) is 40.7. The second-order valence-electron chi connectivity index (χ2n) is 6.36. The van der Waals surface area contributed by atoms with Crippen LogP contribution in [0.5, 0.6) is 5.75 Å². The normalized spacial score (nSPS) is 17.9. The molecule has 1 saturated carbocycles. The van der Waals surface area contributed by atoms with E-state index in [0.717, 1.165) is 13.1 Å². The van der Waals surface area contributed by atoms with Gasteiger partial charge in [-0.1, -0.05) is 12.1 Å². The summed E-state index contributed by atoms with van der Waals surface area (Å²) in [5, 5.41) is 2.43. The van der Waals surface area contributed by atoms with Gasteiger partial charge in [-0.15, -0.1) is 0 Å². The SMILES string of the molecule is COc1ccccc1C(=O)C(=O)NCC(=O)N1CCN(C2CC2)CC1. The number of piperazine rings is 1. The van der Waals surface area contributed by atoms with Crippen LogP contribution in [0.3, 0.4) is 0 Å². The number of methoxy groups -OCH3 is 1. The van der Waals surface area contributed by atoms with Crippen molar-refractivity contribution in [1.29, 1.82) is 0 Å². The Balaban J connectivity index is 1.48. The van der Waals surface area contributed by atoms with Crippen molar-refractivity contribution in [2.75, 3.05) is 39.8 Å². The molecule has 1 heterocycles. The summed E-state index contributed by atoms with van der Waals surface area (Å²) in [7, 11) is 1.44. The molecule has 7 nitrogen and oxygen atoms in total. The maximum Gasteiger partial charge on any atom is 0.292 e. The Morgan fingerprint density at radius 2 is 1.80 bits per heavy atom. The fourth-order valence-electron chi connectivity index (χ4n) is 3.08. The number of ketones is 1. The molecule has 134 valence electrons. The molecule has 1 saturated heterocycles. The van der Waals surface area contributed by atoms with Gasteiger partial charge in [0.15, 0.2) is 0 Å². The Labute approximate surface area is 146 Å². The molecule has 2 aliphatic rings. The van der Waals surface area contributed by atoms with E-state index in [4.69, 9.17) is 4.74 Å². The van der Waals surface area contributed by atoms with Crippen LogP contribution in [-0.2, 0) is 9.59 Å². The van der Waals surface area contributed by atoms with E-state index in [1.165, 1.54) is 26.0 Å². The number of ether oxygens (including phenoxy) is 1. The van der Waals surface area contributed by atoms with Crippen molar-refractivity contribution in [2.24, 2.45) is 0 Å². The van der Waals surface area contributed by atoms with Crippen LogP contribution in [0.2, 0.25) is 0 Å². The van der Waals surface area contributed by atoms with Crippen LogP contribution >= 0.6 is 0 Å². The highest BCUT2D eigenvalue weighted by atomic mass is 16.5. The number of carbonyl (C=O) groups is 3. The minimum Gasteiger partial charge on any atom is -0.496 e. The Hall–Kier alpha value is -2.41. The third-order valence-electron chi connectivity index (χ3n) is 4.69. The van der Waals surface area contributed by atoms with Crippen molar-refractivity contribution >= 4 is 17.6 Å². The lowest BCUT2D eigenvalue weighted by atomic mass is 10.1. The van der Waals surface area contributed by atoms with Gasteiger partial charge in [0.25, 0.3) is 11.7 Å². The van der Waals surface area contributed by atoms with E-state index in [-0.39, 0.29) is 18.0 Å². The van der Waals surface area contributed by atoms with Crippen LogP contribution in [0, 0.1) is 0 Å². The quantitative estimate of drug-likeness (QED) is 0.593. The fourth-order valence-corrected chi connectivity index (χ4v) is 3.08. The van der Waals surface area contributed by atoms with Gasteiger partial charge in [-0.25, -0.2) is 0 Å². The molecule has 0 radical (unpaired) electrons. The van der Waals surface area contributed by atoms with Gasteiger partial charge in [0.1, 0.15) is 5.75 Å². The Morgan fingerprint density at radius 3 is 2.44 bits per heavy atom. The molecule has 1 aliphatic carbocycles. The molecule has 25 heavy (non-hydrogen) atoms. The van der Waals surface area contributed by atoms with Crippen molar-refractivity contribution in [3.8, 4) is 5.75 Å². The second kappa shape index (κ2) is 7.65. The number of carbonyl (C=O) groups excluding carboxylic acids is 3. The maximum absolute atomic E-state index is 12.2. The topological polar surface area (TPSA) is 78.9 Å². The minimum atomic E-state index is -0.797. The number of para-hydroxylation sites is 1. The predicted octanol–water partition coefficient (Wildman–Crippen LogP) is 0.301. The van der Waals surface area contributed by atoms with Crippen LogP contribution in [0.4, 0.5) is 0 Å². The Kier molecular flexibility index (Phi) is 5.33. The lowest BCUT2D eigenvalue weighted by molar-refractivity contribution is -0.133. The van der Waals surface area contributed by atoms with Crippen molar-refractivity contribution in [1.82, 2.24) is 15.1 Å². The minimum absolute atomic E-state index is 0.156. The zero-order chi connectivity index (χ0) is 17.8. The molecule has 1 aliphatic heterocycles. The van der Waals surface area contributed by atoms with E-state index < -0.39 is 11.7 Å². The molecule has 7 heteroatoms. The van der Waals surface area contributed by atoms with Crippen LogP contribution in [0.15, 0.2) is 24.3 Å². The molecule has 3 rings (SSSR count). The highest BCUT2D eigenvalue weighted by molar-refractivity contribution is 6.43. The zero-order valence-corrected chi connectivity index (χ0v) is 14.4. The summed E-state index contributed by atoms with van der Waals surface area (Å²) < 4.78 is 5.09. The number of nitrogens with one attached hydrogen (secondary N) is 1. The van der Waals surface area contributed by atoms with E-state index in [1.54, 1.807) is 23.1 Å². The van der Waals surface area contributed by atoms with Crippen molar-refractivity contribution in [2.45, 2.75) is 18.9 Å². The molecule has 0 atom stereocenters. The summed E-state index contributed by atoms with van der Waals surface area (Å²) >= 11 is 0. The van der Waals surface area contributed by atoms with Crippen molar-refractivity contribution in [3.05, 3.63) is 29.8 Å². The predicted molar refractivity (Wildman–Crippen MR) is 91.5 cm³/mol. The zero-order valence-electron chi connectivity index (χ0n) is 14.4. The average Bonchev–Trinajstić information content (AvgIpc) is 3.50. The van der Waals surface area contributed by atoms with E-state index in [2.05, 4.69) is 10.2 Å². The molecule has 0 spiro atoms. The Bertz CT molecular complexity index is 664. The van der Waals surface area contributed by atoms with Crippen LogP contribution in [0.25, 0.3) is 0 Å². The molecular formula is C18H23N3O4. The third kappa shape index (κ3) is 4.17. The number of hydrogen-bond acceptors (Lipinski definition) is 5. The van der Waals surface area contributed by atoms with E-state index in [9.17, 15) is 14.4 Å². The number of amides is 2. The third-order valence-corrected chi connectivity index (χ3v) is 4.69. The highest BCUT2D eigenvalue weighted by Gasteiger charge is 2.32. The number of hydrogen-bond donors (Lipinski definition) is 1. The van der Waals surface area contributed by atoms with Gasteiger partial charge >= 0.3 is 0 Å². The Morgan fingerprint density at radius 1 is 1.12 bits per heavy atom. The summed E-state index contributed by atoms with van der Waals surface area (Å²) in [5.41, 5.74) is 0.188. The first-order chi connectivity index (χ1) is 12.1. The maximum atomic E-state index is 12.2. The molecule has 2 fully saturated rings. The number of nitrogens with zero attached hydrogens (tertiary/aromatic N) is 2. The van der Waals surface area contributed by atoms with Gasteiger partial charge in [-0.05, 0) is 25.0 Å². The van der Waals surface area contributed by atoms with Gasteiger partial charge in [0.05, 0.1) is 19.2 Å². The summed E-state index contributed by atoms with van der Waals surface area (Å²) in [5.74, 6) is -1.32. The lowest BCUT2D eigenvalue weighted by Gasteiger charge is -2.34. The molecule has 0 aromatic heterocycles. The molecule has 0 bridgehead atoms. The van der Waals surface area contributed by atoms with E-state index in [1.807, 2.05) is 0 Å². The van der Waals surface area contributed by atoms with Gasteiger partial charge in [-0.3, -0.25) is 19.3 Å². The van der Waals surface area contributed by atoms with Gasteiger partial charge < -0.3 is 15.0 Å². The van der Waals surface area contributed by atoms with Crippen LogP contribution in [-0.4, -0.2) is 73.3 Å². The largest absolute Gasteiger partial charge is 0.496 e. The standard InChI is InChI=1S/C18H23N3O4/c1-25-15-5-3-2-4-14(15)17(23)18(24)19-12-16(22)21-10-8-20(9-11-21)13-6-7-13/h2-5,13H,6-12H2,1H3,(H,19,24). The van der Waals surface area contributed by atoms with E-state index in [0.29, 0.717) is 24.9 Å². The van der Waals surface area contributed by atoms with Crippen LogP contribution < -0.4 is 10.1 Å². The van der Waals surface area contributed by atoms with Crippen molar-refractivity contribution in [3.63, 3.8) is 0 Å². The number of rotatable bonds is 6. The first kappa shape index (κ1) is 17.4. The van der Waals surface area contributed by atoms with Gasteiger partial charge in [0, 0.05) is 32.2 Å². The molecule has 0 unspecified atom stereocenters. The first-order valence-corrected chi connectivity index (χ1v) is 8.57. The molecule has 1 aromatic carbocycles. The van der Waals surface area contributed by atoms with Crippen molar-refractivity contribution < 1.29 is 19.1 Å². The van der Waals surface area contributed by atoms with Gasteiger partial charge in [0.2, 0.25) is 5.91 Å². The number of benzene rings is 1. The smallest absolute Gasteiger partial charge is 0.292 e.